The van der Waals surface area contributed by atoms with Gasteiger partial charge in [-0.1, -0.05) is 6.07 Å². The van der Waals surface area contributed by atoms with Gasteiger partial charge in [0.25, 0.3) is 0 Å². The molecule has 0 unspecified atom stereocenters. The molecule has 0 atom stereocenters. The van der Waals surface area contributed by atoms with Crippen molar-refractivity contribution in [3.63, 3.8) is 0 Å². The van der Waals surface area contributed by atoms with Crippen LogP contribution in [0, 0.1) is 0 Å². The fourth-order valence-corrected chi connectivity index (χ4v) is 4.14. The predicted octanol–water partition coefficient (Wildman–Crippen LogP) is 2.99. The number of likely N-dealkylation sites (tertiary alicyclic amines) is 1. The van der Waals surface area contributed by atoms with Gasteiger partial charge >= 0.3 is 12.1 Å². The fraction of sp³-hybridized carbons (Fsp3) is 0.579. The zero-order valence-corrected chi connectivity index (χ0v) is 17.3. The number of benzene rings is 1. The van der Waals surface area contributed by atoms with E-state index >= 15 is 0 Å². The van der Waals surface area contributed by atoms with Crippen molar-refractivity contribution in [1.29, 1.82) is 0 Å². The average Bonchev–Trinajstić information content (AvgIpc) is 2.58. The largest absolute Gasteiger partial charge is 0.465 e. The van der Waals surface area contributed by atoms with E-state index in [1.165, 1.54) is 13.2 Å². The molecule has 2 rings (SSSR count). The van der Waals surface area contributed by atoms with Crippen molar-refractivity contribution >= 4 is 21.9 Å². The SMILES string of the molecule is COC(=O)c1ccc(C2CCN(C(=O)OC(C)(C)C)CC2)c(S(C)(=O)=O)c1. The highest BCUT2D eigenvalue weighted by Gasteiger charge is 2.30. The van der Waals surface area contributed by atoms with Crippen LogP contribution in [0.1, 0.15) is 55.5 Å². The summed E-state index contributed by atoms with van der Waals surface area (Å²) in [6, 6.07) is 4.63. The van der Waals surface area contributed by atoms with Crippen LogP contribution in [0.5, 0.6) is 0 Å². The first kappa shape index (κ1) is 21.2. The van der Waals surface area contributed by atoms with E-state index in [9.17, 15) is 18.0 Å². The van der Waals surface area contributed by atoms with E-state index in [2.05, 4.69) is 4.74 Å². The van der Waals surface area contributed by atoms with Crippen LogP contribution in [0.15, 0.2) is 23.1 Å². The molecule has 27 heavy (non-hydrogen) atoms. The number of hydrogen-bond acceptors (Lipinski definition) is 6. The lowest BCUT2D eigenvalue weighted by molar-refractivity contribution is 0.0204. The molecule has 8 heteroatoms. The number of piperidine rings is 1. The van der Waals surface area contributed by atoms with Crippen LogP contribution >= 0.6 is 0 Å². The molecule has 1 heterocycles. The third-order valence-corrected chi connectivity index (χ3v) is 5.57. The Balaban J connectivity index is 2.20. The molecule has 1 aliphatic rings. The van der Waals surface area contributed by atoms with Gasteiger partial charge in [-0.15, -0.1) is 0 Å². The van der Waals surface area contributed by atoms with Gasteiger partial charge in [0.15, 0.2) is 9.84 Å². The third kappa shape index (κ3) is 5.45. The van der Waals surface area contributed by atoms with E-state index < -0.39 is 21.4 Å². The molecule has 1 aromatic carbocycles. The summed E-state index contributed by atoms with van der Waals surface area (Å²) in [7, 11) is -2.26. The number of carbonyl (C=O) groups is 2. The van der Waals surface area contributed by atoms with Crippen molar-refractivity contribution in [3.8, 4) is 0 Å². The maximum Gasteiger partial charge on any atom is 0.410 e. The maximum atomic E-state index is 12.3. The molecule has 7 nitrogen and oxygen atoms in total. The quantitative estimate of drug-likeness (QED) is 0.729. The molecule has 1 saturated heterocycles. The van der Waals surface area contributed by atoms with E-state index in [0.29, 0.717) is 31.5 Å². The summed E-state index contributed by atoms with van der Waals surface area (Å²) in [4.78, 5) is 25.7. The van der Waals surface area contributed by atoms with E-state index in [4.69, 9.17) is 4.74 Å². The minimum Gasteiger partial charge on any atom is -0.465 e. The van der Waals surface area contributed by atoms with Crippen LogP contribution in [0.3, 0.4) is 0 Å². The first-order valence-electron chi connectivity index (χ1n) is 8.82. The van der Waals surface area contributed by atoms with Gasteiger partial charge in [0.1, 0.15) is 5.60 Å². The van der Waals surface area contributed by atoms with Gasteiger partial charge in [-0.3, -0.25) is 0 Å². The minimum atomic E-state index is -3.51. The van der Waals surface area contributed by atoms with Crippen molar-refractivity contribution in [3.05, 3.63) is 29.3 Å². The van der Waals surface area contributed by atoms with Gasteiger partial charge in [-0.25, -0.2) is 18.0 Å². The van der Waals surface area contributed by atoms with Crippen LogP contribution < -0.4 is 0 Å². The zero-order valence-electron chi connectivity index (χ0n) is 16.4. The van der Waals surface area contributed by atoms with Crippen LogP contribution in [0.4, 0.5) is 4.79 Å². The Morgan fingerprint density at radius 2 is 1.74 bits per heavy atom. The minimum absolute atomic E-state index is 0.0138. The first-order chi connectivity index (χ1) is 12.4. The molecule has 1 aromatic rings. The summed E-state index contributed by atoms with van der Waals surface area (Å²) in [5.41, 5.74) is 0.322. The molecule has 1 fully saturated rings. The first-order valence-corrected chi connectivity index (χ1v) is 10.7. The Hall–Kier alpha value is -2.09. The monoisotopic (exact) mass is 397 g/mol. The number of methoxy groups -OCH3 is 1. The Bertz CT molecular complexity index is 817. The van der Waals surface area contributed by atoms with Crippen LogP contribution in [0.25, 0.3) is 0 Å². The normalized spacial score (nSPS) is 16.1. The highest BCUT2D eigenvalue weighted by Crippen LogP contribution is 2.33. The lowest BCUT2D eigenvalue weighted by atomic mass is 9.89. The molecular formula is C19H27NO6S. The van der Waals surface area contributed by atoms with Crippen molar-refractivity contribution in [2.24, 2.45) is 0 Å². The van der Waals surface area contributed by atoms with Gasteiger partial charge in [0.2, 0.25) is 0 Å². The number of rotatable bonds is 3. The van der Waals surface area contributed by atoms with E-state index in [1.807, 2.05) is 20.8 Å². The Labute approximate surface area is 160 Å². The van der Waals surface area contributed by atoms with E-state index in [1.54, 1.807) is 17.0 Å². The number of carbonyl (C=O) groups excluding carboxylic acids is 2. The molecule has 0 N–H and O–H groups in total. The molecule has 0 spiro atoms. The van der Waals surface area contributed by atoms with Crippen LogP contribution in [-0.2, 0) is 19.3 Å². The van der Waals surface area contributed by atoms with Crippen molar-refractivity contribution in [2.75, 3.05) is 26.5 Å². The Morgan fingerprint density at radius 1 is 1.15 bits per heavy atom. The summed E-state index contributed by atoms with van der Waals surface area (Å²) in [6.45, 7) is 6.43. The van der Waals surface area contributed by atoms with Crippen LogP contribution in [0.2, 0.25) is 0 Å². The molecule has 1 aliphatic heterocycles. The van der Waals surface area contributed by atoms with Crippen molar-refractivity contribution < 1.29 is 27.5 Å². The van der Waals surface area contributed by atoms with Gasteiger partial charge < -0.3 is 14.4 Å². The number of amides is 1. The summed E-state index contributed by atoms with van der Waals surface area (Å²) in [5.74, 6) is -0.591. The van der Waals surface area contributed by atoms with Gasteiger partial charge in [0, 0.05) is 19.3 Å². The molecule has 0 aromatic heterocycles. The Kier molecular flexibility index (Phi) is 6.19. The fourth-order valence-electron chi connectivity index (χ4n) is 3.14. The summed E-state index contributed by atoms with van der Waals surface area (Å²) in [5, 5.41) is 0. The summed E-state index contributed by atoms with van der Waals surface area (Å²) >= 11 is 0. The highest BCUT2D eigenvalue weighted by atomic mass is 32.2. The van der Waals surface area contributed by atoms with E-state index in [0.717, 1.165) is 6.26 Å². The molecule has 1 amide bonds. The maximum absolute atomic E-state index is 12.3. The van der Waals surface area contributed by atoms with Gasteiger partial charge in [0.05, 0.1) is 17.6 Å². The average molecular weight is 397 g/mol. The smallest absolute Gasteiger partial charge is 0.410 e. The summed E-state index contributed by atoms with van der Waals surface area (Å²) in [6.07, 6.45) is 2.02. The number of nitrogens with zero attached hydrogens (tertiary/aromatic N) is 1. The Morgan fingerprint density at radius 3 is 2.22 bits per heavy atom. The molecule has 0 radical (unpaired) electrons. The van der Waals surface area contributed by atoms with E-state index in [-0.39, 0.29) is 22.5 Å². The molecule has 0 saturated carbocycles. The molecule has 0 bridgehead atoms. The lowest BCUT2D eigenvalue weighted by Gasteiger charge is -2.34. The number of hydrogen-bond donors (Lipinski definition) is 0. The second kappa shape index (κ2) is 7.88. The van der Waals surface area contributed by atoms with Crippen molar-refractivity contribution in [1.82, 2.24) is 4.90 Å². The van der Waals surface area contributed by atoms with Gasteiger partial charge in [-0.05, 0) is 57.2 Å². The predicted molar refractivity (Wildman–Crippen MR) is 101 cm³/mol. The molecule has 0 aliphatic carbocycles. The number of esters is 1. The van der Waals surface area contributed by atoms with Crippen molar-refractivity contribution in [2.45, 2.75) is 50.0 Å². The second-order valence-electron chi connectivity index (χ2n) is 7.76. The summed E-state index contributed by atoms with van der Waals surface area (Å²) < 4.78 is 34.6. The number of sulfone groups is 1. The van der Waals surface area contributed by atoms with Crippen LogP contribution in [-0.4, -0.2) is 57.4 Å². The second-order valence-corrected chi connectivity index (χ2v) is 9.74. The lowest BCUT2D eigenvalue weighted by Crippen LogP contribution is -2.41. The standard InChI is InChI=1S/C19H27NO6S/c1-19(2,3)26-18(22)20-10-8-13(9-11-20)15-7-6-14(17(21)25-4)12-16(15)27(5,23)24/h6-7,12-13H,8-11H2,1-5H3. The highest BCUT2D eigenvalue weighted by molar-refractivity contribution is 7.90. The molecular weight excluding hydrogens is 370 g/mol. The topological polar surface area (TPSA) is 90.0 Å². The number of ether oxygens (including phenoxy) is 2. The third-order valence-electron chi connectivity index (χ3n) is 4.42. The molecule has 150 valence electrons. The zero-order chi connectivity index (χ0) is 20.4. The van der Waals surface area contributed by atoms with Gasteiger partial charge in [-0.2, -0.15) is 0 Å².